The lowest BCUT2D eigenvalue weighted by atomic mass is 10.0. The van der Waals surface area contributed by atoms with E-state index in [0.717, 1.165) is 11.2 Å². The Hall–Kier alpha value is -3.27. The minimum atomic E-state index is 0.0919. The molecule has 0 saturated carbocycles. The van der Waals surface area contributed by atoms with Gasteiger partial charge >= 0.3 is 0 Å². The van der Waals surface area contributed by atoms with E-state index in [4.69, 9.17) is 0 Å². The van der Waals surface area contributed by atoms with Crippen molar-refractivity contribution in [3.05, 3.63) is 78.1 Å². The average Bonchev–Trinajstić information content (AvgIpc) is 2.71. The number of fused-ring (bicyclic) bond motifs is 2. The van der Waals surface area contributed by atoms with E-state index < -0.39 is 0 Å². The van der Waals surface area contributed by atoms with Crippen LogP contribution in [0.25, 0.3) is 21.7 Å². The molecule has 1 aromatic heterocycles. The van der Waals surface area contributed by atoms with Crippen LogP contribution in [-0.4, -0.2) is 15.8 Å². The quantitative estimate of drug-likeness (QED) is 0.520. The predicted molar refractivity (Wildman–Crippen MR) is 105 cm³/mol. The molecule has 0 unspecified atom stereocenters. The molecule has 0 aliphatic rings. The van der Waals surface area contributed by atoms with Crippen molar-refractivity contribution in [2.45, 2.75) is 19.9 Å². The number of nitrogens with zero attached hydrogens (tertiary/aromatic N) is 2. The van der Waals surface area contributed by atoms with E-state index >= 15 is 0 Å². The molecule has 0 bridgehead atoms. The van der Waals surface area contributed by atoms with Crippen LogP contribution in [0.1, 0.15) is 29.3 Å². The van der Waals surface area contributed by atoms with Crippen LogP contribution in [0, 0.1) is 0 Å². The number of rotatable bonds is 5. The van der Waals surface area contributed by atoms with Gasteiger partial charge in [0.25, 0.3) is 0 Å². The largest absolute Gasteiger partial charge is 0.365 e. The van der Waals surface area contributed by atoms with Gasteiger partial charge in [0.15, 0.2) is 5.78 Å². The standard InChI is InChI=1S/C22H19N3O/c1-2-20(26)18-11-6-12-19-21(18)24-14-25-22(19)23-13-16-9-5-8-15-7-3-4-10-17(15)16/h3-12,14H,2,13H2,1H3,(H,23,24,25). The van der Waals surface area contributed by atoms with Gasteiger partial charge in [0.2, 0.25) is 0 Å². The van der Waals surface area contributed by atoms with Gasteiger partial charge in [-0.25, -0.2) is 9.97 Å². The smallest absolute Gasteiger partial charge is 0.164 e. The minimum Gasteiger partial charge on any atom is -0.365 e. The van der Waals surface area contributed by atoms with E-state index in [9.17, 15) is 4.79 Å². The fourth-order valence-corrected chi connectivity index (χ4v) is 3.27. The number of nitrogens with one attached hydrogen (secondary N) is 1. The second kappa shape index (κ2) is 6.92. The molecule has 4 heteroatoms. The molecule has 4 aromatic rings. The maximum absolute atomic E-state index is 12.2. The first-order chi connectivity index (χ1) is 12.8. The number of hydrogen-bond donors (Lipinski definition) is 1. The molecule has 0 atom stereocenters. The molecule has 0 saturated heterocycles. The molecular weight excluding hydrogens is 322 g/mol. The van der Waals surface area contributed by atoms with Crippen LogP contribution in [0.15, 0.2) is 67.0 Å². The number of Topliss-reactive ketones (excluding diaryl/α,β-unsaturated/α-hetero) is 1. The lowest BCUT2D eigenvalue weighted by molar-refractivity contribution is 0.0989. The first kappa shape index (κ1) is 16.2. The van der Waals surface area contributed by atoms with Crippen LogP contribution in [0.2, 0.25) is 0 Å². The fourth-order valence-electron chi connectivity index (χ4n) is 3.27. The zero-order valence-electron chi connectivity index (χ0n) is 14.6. The Bertz CT molecular complexity index is 1100. The van der Waals surface area contributed by atoms with Crippen LogP contribution in [0.5, 0.6) is 0 Å². The van der Waals surface area contributed by atoms with Crippen LogP contribution in [-0.2, 0) is 6.54 Å². The molecule has 0 aliphatic carbocycles. The third-order valence-electron chi connectivity index (χ3n) is 4.61. The van der Waals surface area contributed by atoms with Gasteiger partial charge in [0.1, 0.15) is 12.1 Å². The summed E-state index contributed by atoms with van der Waals surface area (Å²) < 4.78 is 0. The highest BCUT2D eigenvalue weighted by Crippen LogP contribution is 2.25. The van der Waals surface area contributed by atoms with Gasteiger partial charge in [0.05, 0.1) is 5.52 Å². The molecule has 0 fully saturated rings. The number of hydrogen-bond acceptors (Lipinski definition) is 4. The number of carbonyl (C=O) groups is 1. The summed E-state index contributed by atoms with van der Waals surface area (Å²) in [5.74, 6) is 0.836. The number of anilines is 1. The molecule has 26 heavy (non-hydrogen) atoms. The van der Waals surface area contributed by atoms with Crippen LogP contribution < -0.4 is 5.32 Å². The number of aromatic nitrogens is 2. The Morgan fingerprint density at radius 1 is 0.923 bits per heavy atom. The van der Waals surface area contributed by atoms with Crippen LogP contribution in [0.3, 0.4) is 0 Å². The number of carbonyl (C=O) groups excluding carboxylic acids is 1. The van der Waals surface area contributed by atoms with Crippen molar-refractivity contribution in [2.75, 3.05) is 5.32 Å². The molecule has 1 N–H and O–H groups in total. The number of benzene rings is 3. The van der Waals surface area contributed by atoms with Crippen LogP contribution in [0.4, 0.5) is 5.82 Å². The van der Waals surface area contributed by atoms with E-state index in [-0.39, 0.29) is 5.78 Å². The van der Waals surface area contributed by atoms with Gasteiger partial charge < -0.3 is 5.32 Å². The van der Waals surface area contributed by atoms with Crippen molar-refractivity contribution in [2.24, 2.45) is 0 Å². The molecule has 4 rings (SSSR count). The fraction of sp³-hybridized carbons (Fsp3) is 0.136. The van der Waals surface area contributed by atoms with Crippen molar-refractivity contribution in [1.82, 2.24) is 9.97 Å². The highest BCUT2D eigenvalue weighted by Gasteiger charge is 2.12. The topological polar surface area (TPSA) is 54.9 Å². The zero-order valence-corrected chi connectivity index (χ0v) is 14.6. The summed E-state index contributed by atoms with van der Waals surface area (Å²) in [4.78, 5) is 20.9. The van der Waals surface area contributed by atoms with Crippen molar-refractivity contribution in [3.63, 3.8) is 0 Å². The summed E-state index contributed by atoms with van der Waals surface area (Å²) in [6, 6.07) is 20.3. The van der Waals surface area contributed by atoms with Gasteiger partial charge in [-0.05, 0) is 28.5 Å². The Kier molecular flexibility index (Phi) is 4.32. The summed E-state index contributed by atoms with van der Waals surface area (Å²) in [6.45, 7) is 2.52. The molecule has 128 valence electrons. The van der Waals surface area contributed by atoms with Crippen molar-refractivity contribution in [1.29, 1.82) is 0 Å². The lowest BCUT2D eigenvalue weighted by Gasteiger charge is -2.11. The van der Waals surface area contributed by atoms with Crippen LogP contribution >= 0.6 is 0 Å². The Labute approximate surface area is 151 Å². The van der Waals surface area contributed by atoms with E-state index in [1.165, 1.54) is 22.7 Å². The third-order valence-corrected chi connectivity index (χ3v) is 4.61. The normalized spacial score (nSPS) is 11.0. The lowest BCUT2D eigenvalue weighted by Crippen LogP contribution is -2.05. The molecule has 0 aliphatic heterocycles. The summed E-state index contributed by atoms with van der Waals surface area (Å²) in [5, 5.41) is 6.73. The summed E-state index contributed by atoms with van der Waals surface area (Å²) in [5.41, 5.74) is 2.56. The summed E-state index contributed by atoms with van der Waals surface area (Å²) in [7, 11) is 0. The molecule has 1 heterocycles. The first-order valence-corrected chi connectivity index (χ1v) is 8.75. The van der Waals surface area contributed by atoms with E-state index in [2.05, 4.69) is 51.7 Å². The first-order valence-electron chi connectivity index (χ1n) is 8.75. The summed E-state index contributed by atoms with van der Waals surface area (Å²) >= 11 is 0. The van der Waals surface area contributed by atoms with Gasteiger partial charge in [0, 0.05) is 23.9 Å². The van der Waals surface area contributed by atoms with Crippen molar-refractivity contribution in [3.8, 4) is 0 Å². The molecule has 3 aromatic carbocycles. The van der Waals surface area contributed by atoms with Crippen molar-refractivity contribution < 1.29 is 4.79 Å². The highest BCUT2D eigenvalue weighted by molar-refractivity contribution is 6.08. The number of para-hydroxylation sites is 1. The maximum Gasteiger partial charge on any atom is 0.164 e. The molecular formula is C22H19N3O. The number of ketones is 1. The molecule has 4 nitrogen and oxygen atoms in total. The van der Waals surface area contributed by atoms with E-state index in [1.54, 1.807) is 0 Å². The van der Waals surface area contributed by atoms with Crippen molar-refractivity contribution >= 4 is 33.3 Å². The average molecular weight is 341 g/mol. The molecule has 0 spiro atoms. The van der Waals surface area contributed by atoms with Gasteiger partial charge in [-0.1, -0.05) is 55.5 Å². The second-order valence-electron chi connectivity index (χ2n) is 6.19. The second-order valence-corrected chi connectivity index (χ2v) is 6.19. The van der Waals surface area contributed by atoms with Gasteiger partial charge in [-0.2, -0.15) is 0 Å². The minimum absolute atomic E-state index is 0.0919. The Morgan fingerprint density at radius 3 is 2.58 bits per heavy atom. The van der Waals surface area contributed by atoms with Gasteiger partial charge in [-0.3, -0.25) is 4.79 Å². The molecule has 0 amide bonds. The van der Waals surface area contributed by atoms with E-state index in [1.807, 2.05) is 31.2 Å². The maximum atomic E-state index is 12.2. The predicted octanol–water partition coefficient (Wildman–Crippen LogP) is 4.99. The van der Waals surface area contributed by atoms with E-state index in [0.29, 0.717) is 24.0 Å². The van der Waals surface area contributed by atoms with Gasteiger partial charge in [-0.15, -0.1) is 0 Å². The monoisotopic (exact) mass is 341 g/mol. The molecule has 0 radical (unpaired) electrons. The SMILES string of the molecule is CCC(=O)c1cccc2c(NCc3cccc4ccccc34)ncnc12. The summed E-state index contributed by atoms with van der Waals surface area (Å²) in [6.07, 6.45) is 1.97. The Morgan fingerprint density at radius 2 is 1.69 bits per heavy atom. The highest BCUT2D eigenvalue weighted by atomic mass is 16.1. The third kappa shape index (κ3) is 2.90. The zero-order chi connectivity index (χ0) is 17.9. The Balaban J connectivity index is 1.70.